The minimum Gasteiger partial charge on any atom is -0.480 e. The Morgan fingerprint density at radius 3 is 2.75 bits per heavy atom. The summed E-state index contributed by atoms with van der Waals surface area (Å²) in [6.45, 7) is 3.76. The van der Waals surface area contributed by atoms with Crippen LogP contribution in [0.2, 0.25) is 0 Å². The third-order valence-corrected chi connectivity index (χ3v) is 4.28. The topological polar surface area (TPSA) is 90.5 Å². The molecule has 1 saturated heterocycles. The number of rotatable bonds is 2. The second-order valence-corrected chi connectivity index (χ2v) is 5.92. The quantitative estimate of drug-likeness (QED) is 0.835. The van der Waals surface area contributed by atoms with E-state index >= 15 is 0 Å². The average Bonchev–Trinajstić information content (AvgIpc) is 2.37. The van der Waals surface area contributed by atoms with Crippen LogP contribution in [0.1, 0.15) is 21.6 Å². The van der Waals surface area contributed by atoms with Gasteiger partial charge in [0, 0.05) is 23.7 Å². The number of carbonyl (C=O) groups excluding carboxylic acids is 1. The van der Waals surface area contributed by atoms with Gasteiger partial charge in [-0.3, -0.25) is 9.59 Å². The molecular weight excluding hydrogens is 280 g/mol. The van der Waals surface area contributed by atoms with Crippen molar-refractivity contribution >= 4 is 23.6 Å². The van der Waals surface area contributed by atoms with Gasteiger partial charge in [0.05, 0.1) is 0 Å². The average molecular weight is 296 g/mol. The number of nitrogens with one attached hydrogen (secondary N) is 1. The van der Waals surface area contributed by atoms with E-state index < -0.39 is 23.5 Å². The summed E-state index contributed by atoms with van der Waals surface area (Å²) in [6, 6.07) is 0.838. The maximum atomic E-state index is 12.5. The summed E-state index contributed by atoms with van der Waals surface area (Å²) in [5.41, 5.74) is 0.815. The number of aliphatic carboxylic acids is 1. The fraction of sp³-hybridized carbons (Fsp3) is 0.462. The molecule has 1 unspecified atom stereocenters. The van der Waals surface area contributed by atoms with Crippen LogP contribution in [-0.4, -0.2) is 51.0 Å². The summed E-state index contributed by atoms with van der Waals surface area (Å²) >= 11 is 1.50. The first-order valence-corrected chi connectivity index (χ1v) is 7.39. The van der Waals surface area contributed by atoms with E-state index in [1.165, 1.54) is 16.7 Å². The van der Waals surface area contributed by atoms with Crippen molar-refractivity contribution in [2.45, 2.75) is 19.9 Å². The number of aromatic amines is 1. The first-order chi connectivity index (χ1) is 9.41. The minimum atomic E-state index is -1.04. The number of aryl methyl sites for hydroxylation is 2. The third kappa shape index (κ3) is 2.72. The van der Waals surface area contributed by atoms with E-state index in [4.69, 9.17) is 0 Å². The summed E-state index contributed by atoms with van der Waals surface area (Å²) in [6.07, 6.45) is 0. The van der Waals surface area contributed by atoms with E-state index in [1.807, 2.05) is 0 Å². The molecule has 1 aromatic rings. The molecular formula is C13H16N2O4S. The molecule has 2 heterocycles. The van der Waals surface area contributed by atoms with Crippen LogP contribution in [0.25, 0.3) is 0 Å². The molecule has 7 heteroatoms. The van der Waals surface area contributed by atoms with Gasteiger partial charge in [-0.1, -0.05) is 0 Å². The Labute approximate surface area is 120 Å². The lowest BCUT2D eigenvalue weighted by Gasteiger charge is -2.32. The third-order valence-electron chi connectivity index (χ3n) is 3.25. The Morgan fingerprint density at radius 2 is 2.15 bits per heavy atom. The predicted molar refractivity (Wildman–Crippen MR) is 76.3 cm³/mol. The zero-order chi connectivity index (χ0) is 14.9. The van der Waals surface area contributed by atoms with E-state index in [9.17, 15) is 19.5 Å². The number of pyridine rings is 1. The van der Waals surface area contributed by atoms with Gasteiger partial charge in [-0.25, -0.2) is 4.79 Å². The van der Waals surface area contributed by atoms with Crippen molar-refractivity contribution in [3.63, 3.8) is 0 Å². The van der Waals surface area contributed by atoms with Gasteiger partial charge in [0.25, 0.3) is 11.5 Å². The summed E-state index contributed by atoms with van der Waals surface area (Å²) in [7, 11) is 0. The molecule has 1 aliphatic heterocycles. The monoisotopic (exact) mass is 296 g/mol. The van der Waals surface area contributed by atoms with Crippen LogP contribution in [0.3, 0.4) is 0 Å². The maximum Gasteiger partial charge on any atom is 0.327 e. The lowest BCUT2D eigenvalue weighted by atomic mass is 10.1. The molecule has 2 N–H and O–H groups in total. The fourth-order valence-electron chi connectivity index (χ4n) is 2.31. The number of thioether (sulfide) groups is 1. The smallest absolute Gasteiger partial charge is 0.327 e. The van der Waals surface area contributed by atoms with Crippen molar-refractivity contribution in [3.05, 3.63) is 33.2 Å². The van der Waals surface area contributed by atoms with Crippen molar-refractivity contribution < 1.29 is 14.7 Å². The van der Waals surface area contributed by atoms with Crippen LogP contribution >= 0.6 is 11.8 Å². The largest absolute Gasteiger partial charge is 0.480 e. The van der Waals surface area contributed by atoms with E-state index in [-0.39, 0.29) is 5.56 Å². The Morgan fingerprint density at radius 1 is 1.45 bits per heavy atom. The van der Waals surface area contributed by atoms with Crippen molar-refractivity contribution in [3.8, 4) is 0 Å². The van der Waals surface area contributed by atoms with Crippen molar-refractivity contribution in [1.82, 2.24) is 9.88 Å². The number of H-pyrrole nitrogens is 1. The van der Waals surface area contributed by atoms with Crippen molar-refractivity contribution in [2.75, 3.05) is 18.1 Å². The first-order valence-electron chi connectivity index (χ1n) is 6.24. The van der Waals surface area contributed by atoms with Crippen LogP contribution in [0, 0.1) is 13.8 Å². The normalized spacial score (nSPS) is 18.9. The molecule has 108 valence electrons. The first kappa shape index (κ1) is 14.6. The SMILES string of the molecule is Cc1cc(C)c(C(=O)N2CCSCC2C(=O)O)c(=O)[nH]1. The second-order valence-electron chi connectivity index (χ2n) is 4.77. The lowest BCUT2D eigenvalue weighted by molar-refractivity contribution is -0.141. The second kappa shape index (κ2) is 5.70. The van der Waals surface area contributed by atoms with Gasteiger partial charge in [-0.05, 0) is 25.5 Å². The van der Waals surface area contributed by atoms with Gasteiger partial charge in [-0.2, -0.15) is 11.8 Å². The predicted octanol–water partition coefficient (Wildman–Crippen LogP) is 0.634. The van der Waals surface area contributed by atoms with E-state index in [2.05, 4.69) is 4.98 Å². The van der Waals surface area contributed by atoms with E-state index in [0.717, 1.165) is 0 Å². The highest BCUT2D eigenvalue weighted by Crippen LogP contribution is 2.19. The number of amides is 1. The number of carboxylic acid groups (broad SMARTS) is 1. The molecule has 0 bridgehead atoms. The Hall–Kier alpha value is -1.76. The summed E-state index contributed by atoms with van der Waals surface area (Å²) in [5, 5.41) is 9.19. The summed E-state index contributed by atoms with van der Waals surface area (Å²) in [4.78, 5) is 39.6. The van der Waals surface area contributed by atoms with Gasteiger partial charge in [0.2, 0.25) is 0 Å². The molecule has 1 aliphatic rings. The van der Waals surface area contributed by atoms with Crippen LogP contribution < -0.4 is 5.56 Å². The van der Waals surface area contributed by atoms with Crippen molar-refractivity contribution in [1.29, 1.82) is 0 Å². The fourth-order valence-corrected chi connectivity index (χ4v) is 3.35. The highest BCUT2D eigenvalue weighted by molar-refractivity contribution is 7.99. The molecule has 2 rings (SSSR count). The molecule has 0 saturated carbocycles. The zero-order valence-electron chi connectivity index (χ0n) is 11.3. The Balaban J connectivity index is 2.40. The summed E-state index contributed by atoms with van der Waals surface area (Å²) < 4.78 is 0. The zero-order valence-corrected chi connectivity index (χ0v) is 12.1. The van der Waals surface area contributed by atoms with Gasteiger partial charge < -0.3 is 15.0 Å². The van der Waals surface area contributed by atoms with Gasteiger partial charge >= 0.3 is 5.97 Å². The van der Waals surface area contributed by atoms with Gasteiger partial charge in [0.1, 0.15) is 11.6 Å². The molecule has 0 radical (unpaired) electrons. The molecule has 0 aromatic carbocycles. The Kier molecular flexibility index (Phi) is 4.17. The van der Waals surface area contributed by atoms with Crippen molar-refractivity contribution in [2.24, 2.45) is 0 Å². The number of carboxylic acids is 1. The molecule has 1 fully saturated rings. The number of aromatic nitrogens is 1. The number of hydrogen-bond acceptors (Lipinski definition) is 4. The molecule has 6 nitrogen and oxygen atoms in total. The Bertz CT molecular complexity index is 611. The molecule has 20 heavy (non-hydrogen) atoms. The van der Waals surface area contributed by atoms with Crippen LogP contribution in [0.5, 0.6) is 0 Å². The van der Waals surface area contributed by atoms with Crippen LogP contribution in [-0.2, 0) is 4.79 Å². The van der Waals surface area contributed by atoms with E-state index in [0.29, 0.717) is 29.3 Å². The highest BCUT2D eigenvalue weighted by Gasteiger charge is 2.34. The molecule has 1 atom stereocenters. The van der Waals surface area contributed by atoms with Crippen LogP contribution in [0.15, 0.2) is 10.9 Å². The number of hydrogen-bond donors (Lipinski definition) is 2. The maximum absolute atomic E-state index is 12.5. The number of nitrogens with zero attached hydrogens (tertiary/aromatic N) is 1. The van der Waals surface area contributed by atoms with Gasteiger partial charge in [0.15, 0.2) is 0 Å². The molecule has 0 aliphatic carbocycles. The van der Waals surface area contributed by atoms with Crippen LogP contribution in [0.4, 0.5) is 0 Å². The highest BCUT2D eigenvalue weighted by atomic mass is 32.2. The summed E-state index contributed by atoms with van der Waals surface area (Å²) in [5.74, 6) is -0.509. The van der Waals surface area contributed by atoms with E-state index in [1.54, 1.807) is 19.9 Å². The molecule has 1 aromatic heterocycles. The molecule has 1 amide bonds. The standard InChI is InChI=1S/C13H16N2O4S/c1-7-5-8(2)14-11(16)10(7)12(17)15-3-4-20-6-9(15)13(18)19/h5,9H,3-4,6H2,1-2H3,(H,14,16)(H,18,19). The number of carbonyl (C=O) groups is 2. The molecule has 0 spiro atoms. The van der Waals surface area contributed by atoms with Gasteiger partial charge in [-0.15, -0.1) is 0 Å². The lowest BCUT2D eigenvalue weighted by Crippen LogP contribution is -2.51. The minimum absolute atomic E-state index is 0.0359.